The Hall–Kier alpha value is -0.930. The highest BCUT2D eigenvalue weighted by molar-refractivity contribution is 9.10. The minimum absolute atomic E-state index is 0.00552. The molecule has 94 valence electrons. The lowest BCUT2D eigenvalue weighted by Gasteiger charge is -2.19. The molecule has 0 radical (unpaired) electrons. The second-order valence-electron chi connectivity index (χ2n) is 4.11. The van der Waals surface area contributed by atoms with Crippen molar-refractivity contribution >= 4 is 27.5 Å². The van der Waals surface area contributed by atoms with Crippen LogP contribution in [0.4, 0.5) is 4.39 Å². The molecule has 0 aliphatic rings. The smallest absolute Gasteiger partial charge is 0.123 e. The molecule has 0 fully saturated rings. The van der Waals surface area contributed by atoms with Gasteiger partial charge in [-0.05, 0) is 35.9 Å². The van der Waals surface area contributed by atoms with Crippen LogP contribution >= 0.6 is 27.5 Å². The van der Waals surface area contributed by atoms with Crippen molar-refractivity contribution in [2.24, 2.45) is 0 Å². The fraction of sp³-hybridized carbons (Fsp3) is 0.214. The van der Waals surface area contributed by atoms with Crippen molar-refractivity contribution < 1.29 is 4.39 Å². The van der Waals surface area contributed by atoms with Crippen LogP contribution in [0.3, 0.4) is 0 Å². The van der Waals surface area contributed by atoms with Gasteiger partial charge in [0, 0.05) is 22.3 Å². The molecule has 2 aromatic rings. The van der Waals surface area contributed by atoms with E-state index >= 15 is 0 Å². The van der Waals surface area contributed by atoms with E-state index in [1.165, 1.54) is 12.1 Å². The van der Waals surface area contributed by atoms with Gasteiger partial charge in [0.25, 0.3) is 0 Å². The molecule has 2 unspecified atom stereocenters. The predicted octanol–water partition coefficient (Wildman–Crippen LogP) is 5.07. The first-order chi connectivity index (χ1) is 8.59. The second-order valence-corrected chi connectivity index (χ2v) is 5.44. The fourth-order valence-electron chi connectivity index (χ4n) is 1.79. The SMILES string of the molecule is CC(c1ccccn1)C(Cl)c1cc(F)ccc1Br. The Morgan fingerprint density at radius 1 is 1.28 bits per heavy atom. The summed E-state index contributed by atoms with van der Waals surface area (Å²) in [6.07, 6.45) is 1.73. The van der Waals surface area contributed by atoms with Gasteiger partial charge in [-0.25, -0.2) is 4.39 Å². The maximum Gasteiger partial charge on any atom is 0.123 e. The molecule has 18 heavy (non-hydrogen) atoms. The first-order valence-corrected chi connectivity index (χ1v) is 6.82. The van der Waals surface area contributed by atoms with Crippen molar-refractivity contribution in [2.45, 2.75) is 18.2 Å². The molecule has 0 saturated heterocycles. The monoisotopic (exact) mass is 327 g/mol. The highest BCUT2D eigenvalue weighted by atomic mass is 79.9. The normalized spacial score (nSPS) is 14.2. The lowest BCUT2D eigenvalue weighted by molar-refractivity contribution is 0.620. The van der Waals surface area contributed by atoms with Gasteiger partial charge < -0.3 is 0 Å². The number of hydrogen-bond acceptors (Lipinski definition) is 1. The molecule has 0 bridgehead atoms. The lowest BCUT2D eigenvalue weighted by Crippen LogP contribution is -2.05. The summed E-state index contributed by atoms with van der Waals surface area (Å²) in [7, 11) is 0. The van der Waals surface area contributed by atoms with Crippen molar-refractivity contribution in [3.8, 4) is 0 Å². The molecule has 2 rings (SSSR count). The van der Waals surface area contributed by atoms with Crippen LogP contribution in [0.15, 0.2) is 47.1 Å². The van der Waals surface area contributed by atoms with Crippen LogP contribution in [0.25, 0.3) is 0 Å². The summed E-state index contributed by atoms with van der Waals surface area (Å²) in [5.41, 5.74) is 1.64. The minimum Gasteiger partial charge on any atom is -0.261 e. The zero-order valence-electron chi connectivity index (χ0n) is 9.78. The number of halogens is 3. The zero-order chi connectivity index (χ0) is 13.1. The highest BCUT2D eigenvalue weighted by Crippen LogP contribution is 2.38. The van der Waals surface area contributed by atoms with Gasteiger partial charge in [0.15, 0.2) is 0 Å². The molecule has 0 spiro atoms. The summed E-state index contributed by atoms with van der Waals surface area (Å²) in [5.74, 6) is -0.280. The summed E-state index contributed by atoms with van der Waals surface area (Å²) >= 11 is 9.83. The molecule has 0 amide bonds. The van der Waals surface area contributed by atoms with E-state index in [9.17, 15) is 4.39 Å². The van der Waals surface area contributed by atoms with E-state index in [0.717, 1.165) is 15.7 Å². The van der Waals surface area contributed by atoms with Crippen LogP contribution in [0.2, 0.25) is 0 Å². The molecule has 1 nitrogen and oxygen atoms in total. The largest absolute Gasteiger partial charge is 0.261 e. The first-order valence-electron chi connectivity index (χ1n) is 5.59. The van der Waals surface area contributed by atoms with E-state index in [1.807, 2.05) is 25.1 Å². The molecule has 0 aliphatic carbocycles. The van der Waals surface area contributed by atoms with E-state index in [4.69, 9.17) is 11.6 Å². The van der Waals surface area contributed by atoms with Gasteiger partial charge in [0.2, 0.25) is 0 Å². The van der Waals surface area contributed by atoms with Gasteiger partial charge in [0.1, 0.15) is 5.82 Å². The van der Waals surface area contributed by atoms with Crippen LogP contribution in [0.1, 0.15) is 29.5 Å². The number of aromatic nitrogens is 1. The second kappa shape index (κ2) is 5.81. The summed E-state index contributed by atoms with van der Waals surface area (Å²) in [4.78, 5) is 4.28. The van der Waals surface area contributed by atoms with Gasteiger partial charge in [-0.2, -0.15) is 0 Å². The average molecular weight is 329 g/mol. The van der Waals surface area contributed by atoms with Gasteiger partial charge in [-0.1, -0.05) is 28.9 Å². The topological polar surface area (TPSA) is 12.9 Å². The third-order valence-corrected chi connectivity index (χ3v) is 4.18. The molecule has 1 heterocycles. The molecular weight excluding hydrogens is 317 g/mol. The molecule has 2 atom stereocenters. The molecule has 1 aromatic carbocycles. The number of pyridine rings is 1. The van der Waals surface area contributed by atoms with Crippen LogP contribution < -0.4 is 0 Å². The van der Waals surface area contributed by atoms with E-state index < -0.39 is 0 Å². The van der Waals surface area contributed by atoms with Crippen molar-refractivity contribution in [1.82, 2.24) is 4.98 Å². The number of hydrogen-bond donors (Lipinski definition) is 0. The Labute approximate surface area is 119 Å². The van der Waals surface area contributed by atoms with Crippen LogP contribution in [0, 0.1) is 5.82 Å². The summed E-state index contributed by atoms with van der Waals surface area (Å²) < 4.78 is 14.1. The molecule has 1 aromatic heterocycles. The molecule has 0 N–H and O–H groups in total. The summed E-state index contributed by atoms with van der Waals surface area (Å²) in [6, 6.07) is 10.2. The van der Waals surface area contributed by atoms with Gasteiger partial charge in [0.05, 0.1) is 5.38 Å². The Kier molecular flexibility index (Phi) is 4.36. The number of benzene rings is 1. The quantitative estimate of drug-likeness (QED) is 0.717. The van der Waals surface area contributed by atoms with Crippen LogP contribution in [-0.2, 0) is 0 Å². The average Bonchev–Trinajstić information content (AvgIpc) is 2.41. The molecule has 4 heteroatoms. The number of nitrogens with zero attached hydrogens (tertiary/aromatic N) is 1. The Morgan fingerprint density at radius 3 is 2.72 bits per heavy atom. The fourth-order valence-corrected chi connectivity index (χ4v) is 2.73. The molecular formula is C14H12BrClFN. The van der Waals surface area contributed by atoms with Crippen molar-refractivity contribution in [3.05, 3.63) is 64.1 Å². The van der Waals surface area contributed by atoms with E-state index in [-0.39, 0.29) is 17.1 Å². The lowest BCUT2D eigenvalue weighted by atomic mass is 9.97. The first kappa shape index (κ1) is 13.5. The standard InChI is InChI=1S/C14H12BrClFN/c1-9(13-4-2-3-7-18-13)14(16)11-8-10(17)5-6-12(11)15/h2-9,14H,1H3. The Balaban J connectivity index is 2.31. The van der Waals surface area contributed by atoms with E-state index in [1.54, 1.807) is 12.3 Å². The van der Waals surface area contributed by atoms with E-state index in [2.05, 4.69) is 20.9 Å². The third kappa shape index (κ3) is 2.90. The number of alkyl halides is 1. The maximum absolute atomic E-state index is 13.3. The van der Waals surface area contributed by atoms with Crippen LogP contribution in [0.5, 0.6) is 0 Å². The maximum atomic E-state index is 13.3. The molecule has 0 saturated carbocycles. The van der Waals surface area contributed by atoms with Gasteiger partial charge in [-0.3, -0.25) is 4.98 Å². The van der Waals surface area contributed by atoms with Gasteiger partial charge >= 0.3 is 0 Å². The van der Waals surface area contributed by atoms with Crippen molar-refractivity contribution in [2.75, 3.05) is 0 Å². The molecule has 0 aliphatic heterocycles. The Morgan fingerprint density at radius 2 is 2.06 bits per heavy atom. The Bertz CT molecular complexity index is 533. The zero-order valence-corrected chi connectivity index (χ0v) is 12.1. The summed E-state index contributed by atoms with van der Waals surface area (Å²) in [6.45, 7) is 1.98. The predicted molar refractivity (Wildman–Crippen MR) is 75.3 cm³/mol. The van der Waals surface area contributed by atoms with Gasteiger partial charge in [-0.15, -0.1) is 11.6 Å². The van der Waals surface area contributed by atoms with Crippen LogP contribution in [-0.4, -0.2) is 4.98 Å². The number of rotatable bonds is 3. The van der Waals surface area contributed by atoms with Crippen molar-refractivity contribution in [1.29, 1.82) is 0 Å². The minimum atomic E-state index is -0.329. The summed E-state index contributed by atoms with van der Waals surface area (Å²) in [5, 5.41) is -0.329. The third-order valence-electron chi connectivity index (χ3n) is 2.85. The highest BCUT2D eigenvalue weighted by Gasteiger charge is 2.21. The van der Waals surface area contributed by atoms with Crippen molar-refractivity contribution in [3.63, 3.8) is 0 Å². The van der Waals surface area contributed by atoms with E-state index in [0.29, 0.717) is 0 Å².